The molecular formula is C24H36ClN3O. The summed E-state index contributed by atoms with van der Waals surface area (Å²) in [7, 11) is 0. The molecular weight excluding hydrogens is 382 g/mol. The first-order chi connectivity index (χ1) is 13.8. The van der Waals surface area contributed by atoms with Gasteiger partial charge < -0.3 is 10.2 Å². The summed E-state index contributed by atoms with van der Waals surface area (Å²) in [6.07, 6.45) is 15.4. The van der Waals surface area contributed by atoms with Gasteiger partial charge in [0, 0.05) is 32.0 Å². The Bertz CT molecular complexity index is 707. The van der Waals surface area contributed by atoms with Crippen LogP contribution in [0.1, 0.15) is 47.0 Å². The summed E-state index contributed by atoms with van der Waals surface area (Å²) in [6.45, 7) is 11.3. The van der Waals surface area contributed by atoms with Crippen molar-refractivity contribution in [1.82, 2.24) is 10.2 Å². The van der Waals surface area contributed by atoms with E-state index in [9.17, 15) is 4.79 Å². The predicted octanol–water partition coefficient (Wildman–Crippen LogP) is 4.57. The lowest BCUT2D eigenvalue weighted by Crippen LogP contribution is -2.56. The van der Waals surface area contributed by atoms with E-state index < -0.39 is 0 Å². The van der Waals surface area contributed by atoms with Gasteiger partial charge in [-0.15, -0.1) is 11.6 Å². The summed E-state index contributed by atoms with van der Waals surface area (Å²) in [5, 5.41) is 3.67. The lowest BCUT2D eigenvalue weighted by molar-refractivity contribution is -0.138. The summed E-state index contributed by atoms with van der Waals surface area (Å²) < 4.78 is 0. The molecule has 1 aliphatic carbocycles. The smallest absolute Gasteiger partial charge is 0.239 e. The number of nitrogens with one attached hydrogen (secondary N) is 1. The molecule has 2 aliphatic heterocycles. The molecule has 0 aromatic heterocycles. The van der Waals surface area contributed by atoms with Crippen LogP contribution in [-0.2, 0) is 4.79 Å². The van der Waals surface area contributed by atoms with Gasteiger partial charge in [0.2, 0.25) is 5.91 Å². The third-order valence-corrected chi connectivity index (χ3v) is 6.83. The maximum absolute atomic E-state index is 13.4. The number of halogens is 1. The van der Waals surface area contributed by atoms with E-state index in [2.05, 4.69) is 67.2 Å². The van der Waals surface area contributed by atoms with E-state index in [1.165, 1.54) is 5.57 Å². The first kappa shape index (κ1) is 22.3. The van der Waals surface area contributed by atoms with Gasteiger partial charge in [-0.1, -0.05) is 52.0 Å². The number of piperidine rings is 1. The highest BCUT2D eigenvalue weighted by molar-refractivity contribution is 6.22. The lowest BCUT2D eigenvalue weighted by Gasteiger charge is -2.46. The van der Waals surface area contributed by atoms with Gasteiger partial charge in [-0.05, 0) is 48.0 Å². The van der Waals surface area contributed by atoms with Gasteiger partial charge in [-0.25, -0.2) is 0 Å². The molecule has 3 rings (SSSR count). The Labute approximate surface area is 181 Å². The molecule has 1 saturated heterocycles. The Morgan fingerprint density at radius 1 is 1.34 bits per heavy atom. The minimum Gasteiger partial charge on any atom is -0.341 e. The summed E-state index contributed by atoms with van der Waals surface area (Å²) in [6, 6.07) is -0.139. The third kappa shape index (κ3) is 5.61. The number of hydrogen-bond acceptors (Lipinski definition) is 3. The van der Waals surface area contributed by atoms with Gasteiger partial charge in [0.05, 0.1) is 11.4 Å². The molecule has 0 aromatic carbocycles. The van der Waals surface area contributed by atoms with Crippen molar-refractivity contribution in [2.45, 2.75) is 58.4 Å². The highest BCUT2D eigenvalue weighted by Crippen LogP contribution is 2.41. The normalized spacial score (nSPS) is 29.8. The maximum Gasteiger partial charge on any atom is 0.239 e. The van der Waals surface area contributed by atoms with Gasteiger partial charge in [-0.2, -0.15) is 0 Å². The summed E-state index contributed by atoms with van der Waals surface area (Å²) in [4.78, 5) is 19.6. The van der Waals surface area contributed by atoms with E-state index >= 15 is 0 Å². The molecule has 1 amide bonds. The average molecular weight is 418 g/mol. The number of likely N-dealkylation sites (tertiary alicyclic amines) is 1. The van der Waals surface area contributed by atoms with E-state index in [0.717, 1.165) is 38.9 Å². The number of nitrogens with zero attached hydrogens (tertiary/aromatic N) is 2. The molecule has 2 heterocycles. The van der Waals surface area contributed by atoms with Crippen LogP contribution in [0.15, 0.2) is 41.1 Å². The molecule has 1 N–H and O–H groups in total. The van der Waals surface area contributed by atoms with Crippen molar-refractivity contribution in [1.29, 1.82) is 0 Å². The zero-order valence-electron chi connectivity index (χ0n) is 18.3. The number of rotatable bonds is 6. The summed E-state index contributed by atoms with van der Waals surface area (Å²) >= 11 is 6.20. The molecule has 3 aliphatic rings. The molecule has 0 saturated carbocycles. The standard InChI is InChI=1S/C24H36ClN3O/c1-17(2)22(27-15-18-9-12-26-13-10-18)23(29)28-14-11-21(24(3,4)16-28)19-5-7-20(25)8-6-19/h5-7,9,12-13,17-18,20-22,27H,8,10-11,14-16H2,1-4H3/t18?,20?,21?,22-/m1/s1. The zero-order valence-corrected chi connectivity index (χ0v) is 19.0. The molecule has 0 radical (unpaired) electrons. The molecule has 0 bridgehead atoms. The fourth-order valence-electron chi connectivity index (χ4n) is 4.77. The third-order valence-electron chi connectivity index (χ3n) is 6.51. The average Bonchev–Trinajstić information content (AvgIpc) is 2.68. The van der Waals surface area contributed by atoms with Crippen LogP contribution in [0.5, 0.6) is 0 Å². The Kier molecular flexibility index (Phi) is 7.39. The molecule has 4 atom stereocenters. The number of amides is 1. The van der Waals surface area contributed by atoms with Crippen molar-refractivity contribution >= 4 is 23.7 Å². The summed E-state index contributed by atoms with van der Waals surface area (Å²) in [5.74, 6) is 1.40. The second kappa shape index (κ2) is 9.61. The fourth-order valence-corrected chi connectivity index (χ4v) is 4.94. The SMILES string of the molecule is CC(C)[C@@H](NCC1C=CN=CC1)C(=O)N1CCC(C2=CCC(Cl)C=C2)C(C)(C)C1. The Morgan fingerprint density at radius 2 is 2.14 bits per heavy atom. The van der Waals surface area contributed by atoms with Gasteiger partial charge >= 0.3 is 0 Å². The first-order valence-electron chi connectivity index (χ1n) is 11.0. The van der Waals surface area contributed by atoms with Crippen molar-refractivity contribution in [2.24, 2.45) is 28.2 Å². The molecule has 1 fully saturated rings. The quantitative estimate of drug-likeness (QED) is 0.643. The molecule has 0 aromatic rings. The number of allylic oxidation sites excluding steroid dienone is 4. The van der Waals surface area contributed by atoms with Crippen LogP contribution >= 0.6 is 11.6 Å². The van der Waals surface area contributed by atoms with Crippen LogP contribution < -0.4 is 5.32 Å². The van der Waals surface area contributed by atoms with Crippen molar-refractivity contribution in [3.8, 4) is 0 Å². The number of aliphatic imine (C=N–C) groups is 1. The van der Waals surface area contributed by atoms with Crippen LogP contribution in [-0.4, -0.2) is 48.1 Å². The molecule has 3 unspecified atom stereocenters. The van der Waals surface area contributed by atoms with Gasteiger partial charge in [0.25, 0.3) is 0 Å². The van der Waals surface area contributed by atoms with Crippen LogP contribution in [0.4, 0.5) is 0 Å². The van der Waals surface area contributed by atoms with Crippen LogP contribution in [0.2, 0.25) is 0 Å². The maximum atomic E-state index is 13.4. The largest absolute Gasteiger partial charge is 0.341 e. The molecule has 0 spiro atoms. The minimum atomic E-state index is -0.139. The van der Waals surface area contributed by atoms with E-state index in [1.54, 1.807) is 0 Å². The number of carbonyl (C=O) groups excluding carboxylic acids is 1. The minimum absolute atomic E-state index is 0.0489. The monoisotopic (exact) mass is 417 g/mol. The Hall–Kier alpha value is -1.39. The zero-order chi connectivity index (χ0) is 21.0. The van der Waals surface area contributed by atoms with E-state index in [1.807, 2.05) is 12.4 Å². The van der Waals surface area contributed by atoms with E-state index in [4.69, 9.17) is 11.6 Å². The van der Waals surface area contributed by atoms with Crippen molar-refractivity contribution in [2.75, 3.05) is 19.6 Å². The molecule has 160 valence electrons. The highest BCUT2D eigenvalue weighted by Gasteiger charge is 2.40. The Morgan fingerprint density at radius 3 is 2.72 bits per heavy atom. The highest BCUT2D eigenvalue weighted by atomic mass is 35.5. The van der Waals surface area contributed by atoms with Gasteiger partial charge in [0.15, 0.2) is 0 Å². The number of carbonyl (C=O) groups is 1. The second-order valence-electron chi connectivity index (χ2n) is 9.70. The van der Waals surface area contributed by atoms with Crippen LogP contribution in [0.3, 0.4) is 0 Å². The molecule has 5 heteroatoms. The fraction of sp³-hybridized carbons (Fsp3) is 0.667. The van der Waals surface area contributed by atoms with E-state index in [-0.39, 0.29) is 28.7 Å². The molecule has 29 heavy (non-hydrogen) atoms. The molecule has 4 nitrogen and oxygen atoms in total. The number of alkyl halides is 1. The van der Waals surface area contributed by atoms with Gasteiger partial charge in [0.1, 0.15) is 0 Å². The van der Waals surface area contributed by atoms with Crippen LogP contribution in [0, 0.1) is 23.2 Å². The van der Waals surface area contributed by atoms with Crippen molar-refractivity contribution < 1.29 is 4.79 Å². The van der Waals surface area contributed by atoms with Crippen molar-refractivity contribution in [3.05, 3.63) is 36.1 Å². The topological polar surface area (TPSA) is 44.7 Å². The number of hydrogen-bond donors (Lipinski definition) is 1. The van der Waals surface area contributed by atoms with Gasteiger partial charge in [-0.3, -0.25) is 9.79 Å². The summed E-state index contributed by atoms with van der Waals surface area (Å²) in [5.41, 5.74) is 1.44. The van der Waals surface area contributed by atoms with Crippen LogP contribution in [0.25, 0.3) is 0 Å². The lowest BCUT2D eigenvalue weighted by atomic mass is 9.69. The van der Waals surface area contributed by atoms with Crippen molar-refractivity contribution in [3.63, 3.8) is 0 Å². The van der Waals surface area contributed by atoms with E-state index in [0.29, 0.717) is 11.8 Å². The Balaban J connectivity index is 1.62. The first-order valence-corrected chi connectivity index (χ1v) is 11.4. The second-order valence-corrected chi connectivity index (χ2v) is 10.3. The predicted molar refractivity (Wildman–Crippen MR) is 122 cm³/mol.